The second-order valence-corrected chi connectivity index (χ2v) is 2.86. The molecule has 0 rings (SSSR count). The molecule has 0 bridgehead atoms. The molecule has 0 atom stereocenters. The number of aliphatic hydroxyl groups excluding tert-OH is 1. The van der Waals surface area contributed by atoms with Crippen molar-refractivity contribution >= 4 is 17.9 Å². The molecule has 0 unspecified atom stereocenters. The Bertz CT molecular complexity index is 322. The van der Waals surface area contributed by atoms with Gasteiger partial charge in [0.15, 0.2) is 0 Å². The van der Waals surface area contributed by atoms with Crippen LogP contribution in [-0.2, 0) is 23.9 Å². The fourth-order valence-corrected chi connectivity index (χ4v) is 0.523. The molecule has 0 spiro atoms. The number of carbonyl (C=O) groups is 3. The average Bonchev–Trinajstić information content (AvgIpc) is 2.42. The van der Waals surface area contributed by atoms with Crippen molar-refractivity contribution in [2.24, 2.45) is 0 Å². The van der Waals surface area contributed by atoms with Crippen LogP contribution in [0.5, 0.6) is 0 Å². The van der Waals surface area contributed by atoms with E-state index >= 15 is 0 Å². The lowest BCUT2D eigenvalue weighted by molar-refractivity contribution is -0.146. The van der Waals surface area contributed by atoms with Gasteiger partial charge in [-0.05, 0) is 0 Å². The van der Waals surface area contributed by atoms with Gasteiger partial charge in [0.05, 0.1) is 0 Å². The van der Waals surface area contributed by atoms with Gasteiger partial charge in [-0.15, -0.1) is 0 Å². The lowest BCUT2D eigenvalue weighted by atomic mass is 10.4. The molecule has 0 radical (unpaired) electrons. The number of carboxylic acid groups (broad SMARTS) is 1. The lowest BCUT2D eigenvalue weighted by Crippen LogP contribution is -2.24. The highest BCUT2D eigenvalue weighted by molar-refractivity contribution is 5.81. The number of aliphatic hydroxyl groups is 1. The van der Waals surface area contributed by atoms with E-state index in [4.69, 9.17) is 10.2 Å². The normalized spacial score (nSPS) is 8.53. The predicted molar refractivity (Wildman–Crippen MR) is 66.2 cm³/mol. The molecule has 0 saturated carbocycles. The summed E-state index contributed by atoms with van der Waals surface area (Å²) in [5.41, 5.74) is 0. The highest BCUT2D eigenvalue weighted by Crippen LogP contribution is 1.90. The van der Waals surface area contributed by atoms with Crippen molar-refractivity contribution in [1.82, 2.24) is 0 Å². The smallest absolute Gasteiger partial charge is 0.330 e. The van der Waals surface area contributed by atoms with Gasteiger partial charge in [0.25, 0.3) is 0 Å². The highest BCUT2D eigenvalue weighted by Gasteiger charge is 2.08. The summed E-state index contributed by atoms with van der Waals surface area (Å²) in [6, 6.07) is 0. The minimum absolute atomic E-state index is 0.241. The van der Waals surface area contributed by atoms with Crippen molar-refractivity contribution in [3.05, 3.63) is 38.0 Å². The van der Waals surface area contributed by atoms with Gasteiger partial charge in [0.1, 0.15) is 19.3 Å². The van der Waals surface area contributed by atoms with Crippen molar-refractivity contribution < 1.29 is 34.1 Å². The quantitative estimate of drug-likeness (QED) is 0.498. The molecular formula is C12H16O7. The molecule has 2 N–H and O–H groups in total. The molecule has 0 aromatic rings. The number of aliphatic carboxylic acids is 1. The third-order valence-corrected chi connectivity index (χ3v) is 1.34. The van der Waals surface area contributed by atoms with Gasteiger partial charge in [-0.1, -0.05) is 19.7 Å². The number of hydrogen-bond acceptors (Lipinski definition) is 6. The molecule has 106 valence electrons. The van der Waals surface area contributed by atoms with Crippen LogP contribution >= 0.6 is 0 Å². The van der Waals surface area contributed by atoms with Crippen LogP contribution in [0.25, 0.3) is 0 Å². The van der Waals surface area contributed by atoms with Crippen LogP contribution in [0.4, 0.5) is 0 Å². The van der Waals surface area contributed by atoms with E-state index < -0.39 is 24.0 Å². The van der Waals surface area contributed by atoms with Gasteiger partial charge >= 0.3 is 17.9 Å². The first kappa shape index (κ1) is 18.9. The maximum absolute atomic E-state index is 10.5. The summed E-state index contributed by atoms with van der Waals surface area (Å²) in [4.78, 5) is 30.3. The van der Waals surface area contributed by atoms with Crippen LogP contribution in [0.2, 0.25) is 0 Å². The van der Waals surface area contributed by atoms with Gasteiger partial charge in [0, 0.05) is 18.2 Å². The number of esters is 2. The monoisotopic (exact) mass is 272 g/mol. The number of ether oxygens (including phenoxy) is 2. The molecule has 0 aromatic carbocycles. The zero-order chi connectivity index (χ0) is 15.3. The number of carbonyl (C=O) groups excluding carboxylic acids is 2. The molecular weight excluding hydrogens is 256 g/mol. The summed E-state index contributed by atoms with van der Waals surface area (Å²) < 4.78 is 8.99. The first-order valence-corrected chi connectivity index (χ1v) is 4.99. The Morgan fingerprint density at radius 2 is 1.26 bits per heavy atom. The SMILES string of the molecule is C=CC(=O)O.C=CC(=O)OCC(O)COC(=O)C=C. The topological polar surface area (TPSA) is 110 Å². The van der Waals surface area contributed by atoms with Gasteiger partial charge < -0.3 is 19.7 Å². The zero-order valence-corrected chi connectivity index (χ0v) is 10.3. The van der Waals surface area contributed by atoms with Crippen LogP contribution in [0.3, 0.4) is 0 Å². The first-order valence-electron chi connectivity index (χ1n) is 4.99. The van der Waals surface area contributed by atoms with Crippen LogP contribution < -0.4 is 0 Å². The van der Waals surface area contributed by atoms with E-state index in [0.29, 0.717) is 0 Å². The minimum atomic E-state index is -1.04. The molecule has 19 heavy (non-hydrogen) atoms. The molecule has 0 aliphatic carbocycles. The molecule has 7 heteroatoms. The van der Waals surface area contributed by atoms with Crippen LogP contribution in [0.15, 0.2) is 38.0 Å². The minimum Gasteiger partial charge on any atom is -0.478 e. The van der Waals surface area contributed by atoms with Crippen molar-refractivity contribution in [1.29, 1.82) is 0 Å². The highest BCUT2D eigenvalue weighted by atomic mass is 16.6. The Labute approximate surface area is 110 Å². The Balaban J connectivity index is 0. The van der Waals surface area contributed by atoms with Gasteiger partial charge in [-0.25, -0.2) is 14.4 Å². The van der Waals surface area contributed by atoms with Crippen molar-refractivity contribution in [3.63, 3.8) is 0 Å². The number of hydrogen-bond donors (Lipinski definition) is 2. The van der Waals surface area contributed by atoms with E-state index in [1.165, 1.54) is 0 Å². The molecule has 0 saturated heterocycles. The maximum atomic E-state index is 10.5. The van der Waals surface area contributed by atoms with Crippen LogP contribution in [0.1, 0.15) is 0 Å². The van der Waals surface area contributed by atoms with Gasteiger partial charge in [-0.2, -0.15) is 0 Å². The molecule has 0 heterocycles. The fraction of sp³-hybridized carbons (Fsp3) is 0.250. The molecule has 0 fully saturated rings. The van der Waals surface area contributed by atoms with Crippen molar-refractivity contribution in [2.45, 2.75) is 6.10 Å². The largest absolute Gasteiger partial charge is 0.478 e. The second-order valence-electron chi connectivity index (χ2n) is 2.86. The summed E-state index contributed by atoms with van der Waals surface area (Å²) >= 11 is 0. The van der Waals surface area contributed by atoms with Crippen molar-refractivity contribution in [2.75, 3.05) is 13.2 Å². The Morgan fingerprint density at radius 3 is 1.47 bits per heavy atom. The van der Waals surface area contributed by atoms with Crippen molar-refractivity contribution in [3.8, 4) is 0 Å². The molecule has 0 aliphatic rings. The molecule has 0 aromatic heterocycles. The van der Waals surface area contributed by atoms with Crippen LogP contribution in [0, 0.1) is 0 Å². The molecule has 0 aliphatic heterocycles. The number of rotatable bonds is 7. The summed E-state index contributed by atoms with van der Waals surface area (Å²) in [5, 5.41) is 16.7. The third kappa shape index (κ3) is 15.6. The summed E-state index contributed by atoms with van der Waals surface area (Å²) in [5.74, 6) is -2.26. The zero-order valence-electron chi connectivity index (χ0n) is 10.3. The first-order chi connectivity index (χ1) is 8.87. The summed E-state index contributed by atoms with van der Waals surface area (Å²) in [6.07, 6.45) is 1.74. The Kier molecular flexibility index (Phi) is 12.0. The predicted octanol–water partition coefficient (Wildman–Crippen LogP) is 0.0627. The van der Waals surface area contributed by atoms with Gasteiger partial charge in [0.2, 0.25) is 0 Å². The Morgan fingerprint density at radius 1 is 0.947 bits per heavy atom. The summed E-state index contributed by atoms with van der Waals surface area (Å²) in [6.45, 7) is 8.82. The average molecular weight is 272 g/mol. The molecule has 7 nitrogen and oxygen atoms in total. The van der Waals surface area contributed by atoms with E-state index in [9.17, 15) is 14.4 Å². The van der Waals surface area contributed by atoms with E-state index in [2.05, 4.69) is 29.2 Å². The second kappa shape index (κ2) is 12.1. The lowest BCUT2D eigenvalue weighted by Gasteiger charge is -2.09. The van der Waals surface area contributed by atoms with E-state index in [1.54, 1.807) is 0 Å². The van der Waals surface area contributed by atoms with E-state index in [0.717, 1.165) is 18.2 Å². The van der Waals surface area contributed by atoms with E-state index in [1.807, 2.05) is 0 Å². The number of carboxylic acids is 1. The van der Waals surface area contributed by atoms with E-state index in [-0.39, 0.29) is 13.2 Å². The van der Waals surface area contributed by atoms with Crippen LogP contribution in [-0.4, -0.2) is 47.4 Å². The molecule has 0 amide bonds. The fourth-order valence-electron chi connectivity index (χ4n) is 0.523. The standard InChI is InChI=1S/C9H12O5.C3H4O2/c1-3-8(11)13-5-7(10)6-14-9(12)4-2;1-2-3(4)5/h3-4,7,10H,1-2,5-6H2;2H,1H2,(H,4,5). The summed E-state index contributed by atoms with van der Waals surface area (Å²) in [7, 11) is 0. The third-order valence-electron chi connectivity index (χ3n) is 1.34. The Hall–Kier alpha value is -2.41. The maximum Gasteiger partial charge on any atom is 0.330 e. The van der Waals surface area contributed by atoms with Gasteiger partial charge in [-0.3, -0.25) is 0 Å².